The third-order valence-corrected chi connectivity index (χ3v) is 3.11. The van der Waals surface area contributed by atoms with Crippen LogP contribution in [0.15, 0.2) is 51.7 Å². The van der Waals surface area contributed by atoms with E-state index in [0.29, 0.717) is 27.9 Å². The van der Waals surface area contributed by atoms with Crippen LogP contribution < -0.4 is 16.8 Å². The molecule has 0 fully saturated rings. The molecule has 3 rings (SSSR count). The Labute approximate surface area is 123 Å². The number of rotatable bonds is 3. The fourth-order valence-electron chi connectivity index (χ4n) is 2.01. The minimum atomic E-state index is -0.574. The topological polar surface area (TPSA) is 118 Å². The van der Waals surface area contributed by atoms with Crippen molar-refractivity contribution in [2.24, 2.45) is 5.73 Å². The number of oxazole rings is 1. The van der Waals surface area contributed by atoms with Crippen molar-refractivity contribution in [2.75, 3.05) is 5.32 Å². The van der Waals surface area contributed by atoms with Crippen molar-refractivity contribution in [3.8, 4) is 0 Å². The number of nitrogens with two attached hydrogens (primary N) is 1. The van der Waals surface area contributed by atoms with Crippen molar-refractivity contribution in [1.29, 1.82) is 0 Å². The van der Waals surface area contributed by atoms with Gasteiger partial charge in [0.25, 0.3) is 5.91 Å². The summed E-state index contributed by atoms with van der Waals surface area (Å²) in [6.07, 6.45) is 0. The number of benzene rings is 2. The van der Waals surface area contributed by atoms with Gasteiger partial charge in [0.1, 0.15) is 0 Å². The molecule has 7 nitrogen and oxygen atoms in total. The van der Waals surface area contributed by atoms with Gasteiger partial charge in [0.15, 0.2) is 5.58 Å². The molecule has 0 unspecified atom stereocenters. The van der Waals surface area contributed by atoms with E-state index in [-0.39, 0.29) is 5.91 Å². The van der Waals surface area contributed by atoms with E-state index >= 15 is 0 Å². The fraction of sp³-hybridized carbons (Fsp3) is 0. The van der Waals surface area contributed by atoms with Gasteiger partial charge in [0.05, 0.1) is 5.52 Å². The summed E-state index contributed by atoms with van der Waals surface area (Å²) in [5, 5.41) is 2.68. The number of carbonyl (C=O) groups excluding carboxylic acids is 2. The molecule has 1 heterocycles. The summed E-state index contributed by atoms with van der Waals surface area (Å²) >= 11 is 0. The Hall–Kier alpha value is -3.35. The molecule has 0 aliphatic rings. The number of aromatic nitrogens is 1. The summed E-state index contributed by atoms with van der Waals surface area (Å²) in [6.45, 7) is 0. The zero-order valence-corrected chi connectivity index (χ0v) is 11.3. The minimum absolute atomic E-state index is 0.351. The van der Waals surface area contributed by atoms with Crippen LogP contribution in [0.2, 0.25) is 0 Å². The number of hydrogen-bond donors (Lipinski definition) is 3. The van der Waals surface area contributed by atoms with Crippen molar-refractivity contribution < 1.29 is 14.0 Å². The summed E-state index contributed by atoms with van der Waals surface area (Å²) in [5.74, 6) is -1.46. The highest BCUT2D eigenvalue weighted by Gasteiger charge is 2.09. The summed E-state index contributed by atoms with van der Waals surface area (Å²) in [6, 6.07) is 10.8. The van der Waals surface area contributed by atoms with Gasteiger partial charge >= 0.3 is 5.76 Å². The van der Waals surface area contributed by atoms with Gasteiger partial charge in [-0.25, -0.2) is 4.79 Å². The Morgan fingerprint density at radius 3 is 2.41 bits per heavy atom. The third kappa shape index (κ3) is 2.59. The van der Waals surface area contributed by atoms with Crippen molar-refractivity contribution in [3.05, 3.63) is 64.1 Å². The average molecular weight is 297 g/mol. The first-order valence-electron chi connectivity index (χ1n) is 6.37. The van der Waals surface area contributed by atoms with Gasteiger partial charge in [-0.2, -0.15) is 0 Å². The van der Waals surface area contributed by atoms with Gasteiger partial charge in [-0.3, -0.25) is 14.6 Å². The average Bonchev–Trinajstić information content (AvgIpc) is 2.86. The van der Waals surface area contributed by atoms with Crippen LogP contribution in [0.4, 0.5) is 5.69 Å². The highest BCUT2D eigenvalue weighted by Crippen LogP contribution is 2.15. The normalized spacial score (nSPS) is 10.5. The third-order valence-electron chi connectivity index (χ3n) is 3.11. The number of aromatic amines is 1. The van der Waals surface area contributed by atoms with Gasteiger partial charge < -0.3 is 15.5 Å². The molecule has 0 saturated carbocycles. The summed E-state index contributed by atoms with van der Waals surface area (Å²) < 4.78 is 4.87. The first-order chi connectivity index (χ1) is 10.5. The Bertz CT molecular complexity index is 922. The minimum Gasteiger partial charge on any atom is -0.408 e. The Kier molecular flexibility index (Phi) is 3.23. The molecule has 22 heavy (non-hydrogen) atoms. The molecule has 0 atom stereocenters. The molecule has 0 aliphatic carbocycles. The second-order valence-electron chi connectivity index (χ2n) is 4.62. The molecule has 110 valence electrons. The zero-order chi connectivity index (χ0) is 15.7. The maximum Gasteiger partial charge on any atom is 0.417 e. The maximum atomic E-state index is 12.2. The van der Waals surface area contributed by atoms with E-state index in [4.69, 9.17) is 10.2 Å². The smallest absolute Gasteiger partial charge is 0.408 e. The fourth-order valence-corrected chi connectivity index (χ4v) is 2.01. The molecular weight excluding hydrogens is 286 g/mol. The van der Waals surface area contributed by atoms with Crippen LogP contribution in [0.3, 0.4) is 0 Å². The Morgan fingerprint density at radius 1 is 1.05 bits per heavy atom. The van der Waals surface area contributed by atoms with Crippen molar-refractivity contribution in [3.63, 3.8) is 0 Å². The van der Waals surface area contributed by atoms with E-state index in [1.807, 2.05) is 0 Å². The van der Waals surface area contributed by atoms with Gasteiger partial charge in [0.2, 0.25) is 5.91 Å². The summed E-state index contributed by atoms with van der Waals surface area (Å²) in [4.78, 5) is 36.7. The van der Waals surface area contributed by atoms with E-state index in [0.717, 1.165) is 0 Å². The molecule has 2 aromatic carbocycles. The largest absolute Gasteiger partial charge is 0.417 e. The SMILES string of the molecule is NC(=O)c1ccc(NC(=O)c2ccc3oc(=O)[nH]c3c2)cc1. The quantitative estimate of drug-likeness (QED) is 0.678. The molecule has 7 heteroatoms. The number of H-pyrrole nitrogens is 1. The highest BCUT2D eigenvalue weighted by molar-refractivity contribution is 6.06. The molecule has 1 aromatic heterocycles. The maximum absolute atomic E-state index is 12.2. The molecular formula is C15H11N3O4. The number of carbonyl (C=O) groups is 2. The lowest BCUT2D eigenvalue weighted by Crippen LogP contribution is -2.13. The first-order valence-corrected chi connectivity index (χ1v) is 6.37. The van der Waals surface area contributed by atoms with Crippen LogP contribution >= 0.6 is 0 Å². The second-order valence-corrected chi connectivity index (χ2v) is 4.62. The molecule has 4 N–H and O–H groups in total. The molecule has 0 aliphatic heterocycles. The number of amides is 2. The van der Waals surface area contributed by atoms with Gasteiger partial charge in [-0.15, -0.1) is 0 Å². The lowest BCUT2D eigenvalue weighted by Gasteiger charge is -2.05. The van der Waals surface area contributed by atoms with E-state index in [1.54, 1.807) is 24.3 Å². The van der Waals surface area contributed by atoms with E-state index < -0.39 is 11.7 Å². The van der Waals surface area contributed by atoms with Gasteiger partial charge in [-0.1, -0.05) is 0 Å². The molecule has 2 amide bonds. The predicted molar refractivity (Wildman–Crippen MR) is 79.7 cm³/mol. The lowest BCUT2D eigenvalue weighted by molar-refractivity contribution is 0.0998. The van der Waals surface area contributed by atoms with Gasteiger partial charge in [0, 0.05) is 16.8 Å². The van der Waals surface area contributed by atoms with Crippen LogP contribution in [-0.4, -0.2) is 16.8 Å². The lowest BCUT2D eigenvalue weighted by atomic mass is 10.1. The zero-order valence-electron chi connectivity index (χ0n) is 11.3. The van der Waals surface area contributed by atoms with Crippen LogP contribution in [0.5, 0.6) is 0 Å². The number of anilines is 1. The second kappa shape index (κ2) is 5.21. The number of nitrogens with one attached hydrogen (secondary N) is 2. The van der Waals surface area contributed by atoms with Crippen LogP contribution in [-0.2, 0) is 0 Å². The Morgan fingerprint density at radius 2 is 1.73 bits per heavy atom. The van der Waals surface area contributed by atoms with Crippen LogP contribution in [0.25, 0.3) is 11.1 Å². The predicted octanol–water partition coefficient (Wildman–Crippen LogP) is 1.47. The van der Waals surface area contributed by atoms with E-state index in [2.05, 4.69) is 10.3 Å². The summed E-state index contributed by atoms with van der Waals surface area (Å²) in [5.41, 5.74) is 7.22. The van der Waals surface area contributed by atoms with Crippen LogP contribution in [0, 0.1) is 0 Å². The highest BCUT2D eigenvalue weighted by atomic mass is 16.4. The number of hydrogen-bond acceptors (Lipinski definition) is 4. The van der Waals surface area contributed by atoms with E-state index in [1.165, 1.54) is 18.2 Å². The Balaban J connectivity index is 1.83. The van der Waals surface area contributed by atoms with Crippen molar-refractivity contribution >= 4 is 28.6 Å². The first kappa shape index (κ1) is 13.6. The molecule has 0 spiro atoms. The molecule has 3 aromatic rings. The number of fused-ring (bicyclic) bond motifs is 1. The standard InChI is InChI=1S/C15H11N3O4/c16-13(19)8-1-4-10(5-2-8)17-14(20)9-3-6-12-11(7-9)18-15(21)22-12/h1-7H,(H2,16,19)(H,17,20)(H,18,21). The van der Waals surface area contributed by atoms with Crippen LogP contribution in [0.1, 0.15) is 20.7 Å². The molecule has 0 radical (unpaired) electrons. The van der Waals surface area contributed by atoms with Crippen molar-refractivity contribution in [1.82, 2.24) is 4.98 Å². The summed E-state index contributed by atoms with van der Waals surface area (Å²) in [7, 11) is 0. The van der Waals surface area contributed by atoms with Crippen molar-refractivity contribution in [2.45, 2.75) is 0 Å². The van der Waals surface area contributed by atoms with E-state index in [9.17, 15) is 14.4 Å². The van der Waals surface area contributed by atoms with Gasteiger partial charge in [-0.05, 0) is 42.5 Å². The molecule has 0 saturated heterocycles. The monoisotopic (exact) mass is 297 g/mol. The number of primary amides is 1. The molecule has 0 bridgehead atoms.